The molecule has 3 N–H and O–H groups in total. The molecule has 2 atom stereocenters. The van der Waals surface area contributed by atoms with Gasteiger partial charge in [-0.25, -0.2) is 0 Å². The van der Waals surface area contributed by atoms with Crippen molar-refractivity contribution in [1.29, 1.82) is 0 Å². The molecule has 0 aliphatic heterocycles. The highest BCUT2D eigenvalue weighted by atomic mass is 35.5. The Balaban J connectivity index is 0.00000361. The first-order valence-corrected chi connectivity index (χ1v) is 6.93. The normalized spacial score (nSPS) is 13.5. The van der Waals surface area contributed by atoms with Crippen LogP contribution in [0.3, 0.4) is 0 Å². The number of anilines is 1. The van der Waals surface area contributed by atoms with Crippen molar-refractivity contribution in [1.82, 2.24) is 0 Å². The minimum Gasteiger partial charge on any atom is -0.325 e. The predicted octanol–water partition coefficient (Wildman–Crippen LogP) is 3.74. The number of hydrogen-bond donors (Lipinski definition) is 2. The topological polar surface area (TPSA) is 55.1 Å². The maximum atomic E-state index is 12.3. The lowest BCUT2D eigenvalue weighted by Gasteiger charge is -2.17. The van der Waals surface area contributed by atoms with Crippen molar-refractivity contribution in [2.45, 2.75) is 37.0 Å². The molecule has 0 saturated heterocycles. The lowest BCUT2D eigenvalue weighted by atomic mass is 9.99. The third kappa shape index (κ3) is 6.07. The molecule has 1 rings (SSSR count). The van der Waals surface area contributed by atoms with Gasteiger partial charge in [-0.15, -0.1) is 12.4 Å². The zero-order chi connectivity index (χ0) is 14.4. The number of alkyl halides is 2. The van der Waals surface area contributed by atoms with Crippen LogP contribution in [0.4, 0.5) is 14.5 Å². The quantitative estimate of drug-likeness (QED) is 0.784. The van der Waals surface area contributed by atoms with Crippen LogP contribution in [0.15, 0.2) is 29.2 Å². The van der Waals surface area contributed by atoms with Crippen molar-refractivity contribution in [2.75, 3.05) is 5.32 Å². The molecule has 0 saturated carbocycles. The summed E-state index contributed by atoms with van der Waals surface area (Å²) in [6.45, 7) is 3.85. The fourth-order valence-electron chi connectivity index (χ4n) is 1.49. The highest BCUT2D eigenvalue weighted by Gasteiger charge is 2.19. The number of halogens is 3. The van der Waals surface area contributed by atoms with Crippen LogP contribution in [0.5, 0.6) is 0 Å². The first-order valence-electron chi connectivity index (χ1n) is 6.05. The number of thioether (sulfide) groups is 1. The average Bonchev–Trinajstić information content (AvgIpc) is 2.36. The summed E-state index contributed by atoms with van der Waals surface area (Å²) in [5, 5.41) is 2.65. The molecule has 0 bridgehead atoms. The minimum absolute atomic E-state index is 0. The number of rotatable bonds is 6. The summed E-state index contributed by atoms with van der Waals surface area (Å²) in [5.41, 5.74) is 6.28. The van der Waals surface area contributed by atoms with Crippen LogP contribution >= 0.6 is 24.2 Å². The van der Waals surface area contributed by atoms with Crippen molar-refractivity contribution >= 4 is 35.8 Å². The zero-order valence-electron chi connectivity index (χ0n) is 11.3. The van der Waals surface area contributed by atoms with Crippen molar-refractivity contribution < 1.29 is 13.6 Å². The second-order valence-electron chi connectivity index (χ2n) is 4.31. The van der Waals surface area contributed by atoms with Crippen molar-refractivity contribution in [3.05, 3.63) is 24.3 Å². The highest BCUT2D eigenvalue weighted by molar-refractivity contribution is 7.99. The fraction of sp³-hybridized carbons (Fsp3) is 0.462. The minimum atomic E-state index is -2.48. The first kappa shape index (κ1) is 19.1. The molecule has 3 nitrogen and oxygen atoms in total. The number of nitrogens with one attached hydrogen (secondary N) is 1. The first-order chi connectivity index (χ1) is 8.93. The largest absolute Gasteiger partial charge is 0.325 e. The Morgan fingerprint density at radius 3 is 2.65 bits per heavy atom. The van der Waals surface area contributed by atoms with Crippen LogP contribution in [-0.2, 0) is 4.79 Å². The van der Waals surface area contributed by atoms with Crippen molar-refractivity contribution in [3.8, 4) is 0 Å². The van der Waals surface area contributed by atoms with E-state index in [1.165, 1.54) is 6.07 Å². The second kappa shape index (κ2) is 9.15. The zero-order valence-corrected chi connectivity index (χ0v) is 12.9. The molecule has 0 aliphatic rings. The monoisotopic (exact) mass is 324 g/mol. The molecule has 0 radical (unpaired) electrons. The summed E-state index contributed by atoms with van der Waals surface area (Å²) in [6.07, 6.45) is 0.801. The van der Waals surface area contributed by atoms with E-state index in [1.54, 1.807) is 18.2 Å². The van der Waals surface area contributed by atoms with Gasteiger partial charge in [-0.3, -0.25) is 4.79 Å². The van der Waals surface area contributed by atoms with E-state index in [2.05, 4.69) is 5.32 Å². The van der Waals surface area contributed by atoms with E-state index in [4.69, 9.17) is 5.73 Å². The summed E-state index contributed by atoms with van der Waals surface area (Å²) >= 11 is 0.443. The van der Waals surface area contributed by atoms with E-state index in [0.29, 0.717) is 22.3 Å². The van der Waals surface area contributed by atoms with Crippen LogP contribution in [0.2, 0.25) is 0 Å². The van der Waals surface area contributed by atoms with Gasteiger partial charge >= 0.3 is 0 Å². The van der Waals surface area contributed by atoms with Gasteiger partial charge in [-0.2, -0.15) is 8.78 Å². The Morgan fingerprint density at radius 2 is 2.10 bits per heavy atom. The van der Waals surface area contributed by atoms with Crippen LogP contribution in [-0.4, -0.2) is 17.7 Å². The molecular weight excluding hydrogens is 306 g/mol. The molecule has 7 heteroatoms. The Kier molecular flexibility index (Phi) is 8.76. The summed E-state index contributed by atoms with van der Waals surface area (Å²) in [4.78, 5) is 12.3. The number of hydrogen-bond acceptors (Lipinski definition) is 3. The summed E-state index contributed by atoms with van der Waals surface area (Å²) in [7, 11) is 0. The number of carbonyl (C=O) groups excluding carboxylic acids is 1. The highest BCUT2D eigenvalue weighted by Crippen LogP contribution is 2.27. The van der Waals surface area contributed by atoms with Crippen molar-refractivity contribution in [3.63, 3.8) is 0 Å². The van der Waals surface area contributed by atoms with Gasteiger partial charge in [0.25, 0.3) is 5.76 Å². The summed E-state index contributed by atoms with van der Waals surface area (Å²) < 4.78 is 24.5. The number of benzene rings is 1. The van der Waals surface area contributed by atoms with E-state index in [-0.39, 0.29) is 24.2 Å². The van der Waals surface area contributed by atoms with Crippen LogP contribution in [0.25, 0.3) is 0 Å². The van der Waals surface area contributed by atoms with Crippen LogP contribution < -0.4 is 11.1 Å². The summed E-state index contributed by atoms with van der Waals surface area (Å²) in [6, 6.07) is 5.75. The Hall–Kier alpha value is -0.850. The van der Waals surface area contributed by atoms with Gasteiger partial charge in [0.1, 0.15) is 0 Å². The Labute approximate surface area is 128 Å². The van der Waals surface area contributed by atoms with E-state index in [9.17, 15) is 13.6 Å². The maximum absolute atomic E-state index is 12.3. The van der Waals surface area contributed by atoms with Crippen LogP contribution in [0, 0.1) is 5.92 Å². The smallest absolute Gasteiger partial charge is 0.288 e. The second-order valence-corrected chi connectivity index (χ2v) is 5.37. The molecule has 0 spiro atoms. The number of nitrogens with two attached hydrogens (primary N) is 1. The molecule has 1 aromatic carbocycles. The molecule has 1 aromatic rings. The molecule has 0 heterocycles. The molecule has 0 aliphatic carbocycles. The molecule has 2 unspecified atom stereocenters. The Bertz CT molecular complexity index is 435. The van der Waals surface area contributed by atoms with Gasteiger partial charge in [0.15, 0.2) is 0 Å². The van der Waals surface area contributed by atoms with Gasteiger partial charge < -0.3 is 11.1 Å². The molecule has 20 heavy (non-hydrogen) atoms. The lowest BCUT2D eigenvalue weighted by Crippen LogP contribution is -2.40. The van der Waals surface area contributed by atoms with E-state index >= 15 is 0 Å². The Morgan fingerprint density at radius 1 is 1.45 bits per heavy atom. The SMILES string of the molecule is CCC(C)C(N)C(=O)Nc1cccc(SC(F)F)c1.Cl. The molecule has 0 aromatic heterocycles. The average molecular weight is 325 g/mol. The van der Waals surface area contributed by atoms with Gasteiger partial charge in [0.05, 0.1) is 6.04 Å². The van der Waals surface area contributed by atoms with Crippen molar-refractivity contribution in [2.24, 2.45) is 11.7 Å². The molecule has 114 valence electrons. The van der Waals surface area contributed by atoms with E-state index in [0.717, 1.165) is 6.42 Å². The number of carbonyl (C=O) groups is 1. The number of amides is 1. The lowest BCUT2D eigenvalue weighted by molar-refractivity contribution is -0.118. The van der Waals surface area contributed by atoms with Gasteiger partial charge in [0.2, 0.25) is 5.91 Å². The third-order valence-electron chi connectivity index (χ3n) is 2.89. The third-order valence-corrected chi connectivity index (χ3v) is 3.59. The maximum Gasteiger partial charge on any atom is 0.288 e. The fourth-order valence-corrected chi connectivity index (χ4v) is 2.05. The van der Waals surface area contributed by atoms with Gasteiger partial charge in [-0.05, 0) is 24.1 Å². The standard InChI is InChI=1S/C13H18F2N2OS.ClH/c1-3-8(2)11(16)12(18)17-9-5-4-6-10(7-9)19-13(14)15;/h4-8,11,13H,3,16H2,1-2H3,(H,17,18);1H. The van der Waals surface area contributed by atoms with E-state index in [1.807, 2.05) is 13.8 Å². The summed E-state index contributed by atoms with van der Waals surface area (Å²) in [5.74, 6) is -2.71. The van der Waals surface area contributed by atoms with Crippen LogP contribution in [0.1, 0.15) is 20.3 Å². The molecular formula is C13H19ClF2N2OS. The van der Waals surface area contributed by atoms with Gasteiger partial charge in [0, 0.05) is 10.6 Å². The van der Waals surface area contributed by atoms with E-state index < -0.39 is 11.8 Å². The predicted molar refractivity (Wildman–Crippen MR) is 81.6 cm³/mol. The molecule has 0 fully saturated rings. The molecule has 1 amide bonds. The van der Waals surface area contributed by atoms with Gasteiger partial charge in [-0.1, -0.05) is 38.1 Å².